The molecule has 0 bridgehead atoms. The SMILES string of the molecule is O=C(NCc1ccc2c(c1)OCCCO2)C1CCN(c2ccccc2Br)C1=O. The molecule has 1 saturated heterocycles. The van der Waals surface area contributed by atoms with Gasteiger partial charge in [0.15, 0.2) is 11.5 Å². The van der Waals surface area contributed by atoms with E-state index >= 15 is 0 Å². The van der Waals surface area contributed by atoms with Crippen molar-refractivity contribution in [2.75, 3.05) is 24.7 Å². The first kappa shape index (κ1) is 18.8. The van der Waals surface area contributed by atoms with E-state index in [0.29, 0.717) is 38.5 Å². The van der Waals surface area contributed by atoms with Crippen molar-refractivity contribution in [2.24, 2.45) is 5.92 Å². The van der Waals surface area contributed by atoms with E-state index in [-0.39, 0.29) is 11.8 Å². The van der Waals surface area contributed by atoms with Gasteiger partial charge in [-0.2, -0.15) is 0 Å². The van der Waals surface area contributed by atoms with E-state index < -0.39 is 5.92 Å². The van der Waals surface area contributed by atoms with E-state index in [1.165, 1.54) is 0 Å². The van der Waals surface area contributed by atoms with Crippen LogP contribution in [0.25, 0.3) is 0 Å². The Balaban J connectivity index is 1.39. The van der Waals surface area contributed by atoms with Crippen molar-refractivity contribution in [1.29, 1.82) is 0 Å². The van der Waals surface area contributed by atoms with Gasteiger partial charge >= 0.3 is 0 Å². The molecule has 7 heteroatoms. The van der Waals surface area contributed by atoms with E-state index in [2.05, 4.69) is 21.2 Å². The molecule has 1 atom stereocenters. The van der Waals surface area contributed by atoms with Crippen molar-refractivity contribution in [1.82, 2.24) is 5.32 Å². The minimum Gasteiger partial charge on any atom is -0.490 e. The second kappa shape index (κ2) is 8.22. The Morgan fingerprint density at radius 3 is 2.75 bits per heavy atom. The molecule has 2 heterocycles. The molecule has 0 aliphatic carbocycles. The summed E-state index contributed by atoms with van der Waals surface area (Å²) in [5.74, 6) is 0.353. The quantitative estimate of drug-likeness (QED) is 0.734. The van der Waals surface area contributed by atoms with Crippen LogP contribution in [0.3, 0.4) is 0 Å². The van der Waals surface area contributed by atoms with Gasteiger partial charge in [0.05, 0.1) is 18.9 Å². The van der Waals surface area contributed by atoms with Crippen LogP contribution in [0.4, 0.5) is 5.69 Å². The Bertz CT molecular complexity index is 902. The fraction of sp³-hybridized carbons (Fsp3) is 0.333. The van der Waals surface area contributed by atoms with Crippen LogP contribution in [-0.4, -0.2) is 31.6 Å². The molecule has 2 amide bonds. The Morgan fingerprint density at radius 2 is 1.93 bits per heavy atom. The summed E-state index contributed by atoms with van der Waals surface area (Å²) >= 11 is 3.47. The lowest BCUT2D eigenvalue weighted by Gasteiger charge is -2.18. The monoisotopic (exact) mass is 444 g/mol. The zero-order chi connectivity index (χ0) is 19.5. The van der Waals surface area contributed by atoms with Crippen LogP contribution >= 0.6 is 15.9 Å². The molecule has 0 spiro atoms. The number of rotatable bonds is 4. The second-order valence-corrected chi connectivity index (χ2v) is 7.69. The number of fused-ring (bicyclic) bond motifs is 1. The molecule has 1 unspecified atom stereocenters. The number of hydrogen-bond donors (Lipinski definition) is 1. The van der Waals surface area contributed by atoms with Crippen LogP contribution < -0.4 is 19.7 Å². The highest BCUT2D eigenvalue weighted by Crippen LogP contribution is 2.32. The maximum absolute atomic E-state index is 12.7. The van der Waals surface area contributed by atoms with Crippen LogP contribution in [-0.2, 0) is 16.1 Å². The lowest BCUT2D eigenvalue weighted by Crippen LogP contribution is -2.36. The van der Waals surface area contributed by atoms with Crippen molar-refractivity contribution in [3.63, 3.8) is 0 Å². The Kier molecular flexibility index (Phi) is 5.52. The van der Waals surface area contributed by atoms with Crippen LogP contribution in [0.2, 0.25) is 0 Å². The molecule has 0 aromatic heterocycles. The predicted octanol–water partition coefficient (Wildman–Crippen LogP) is 3.28. The Hall–Kier alpha value is -2.54. The average Bonchev–Trinajstić information content (AvgIpc) is 2.93. The minimum absolute atomic E-state index is 0.164. The molecular formula is C21H21BrN2O4. The minimum atomic E-state index is -0.660. The summed E-state index contributed by atoms with van der Waals surface area (Å²) in [4.78, 5) is 27.0. The Labute approximate surface area is 171 Å². The van der Waals surface area contributed by atoms with Gasteiger partial charge in [-0.15, -0.1) is 0 Å². The highest BCUT2D eigenvalue weighted by molar-refractivity contribution is 9.10. The first-order valence-corrected chi connectivity index (χ1v) is 10.1. The first-order chi connectivity index (χ1) is 13.6. The van der Waals surface area contributed by atoms with Crippen molar-refractivity contribution in [3.8, 4) is 11.5 Å². The van der Waals surface area contributed by atoms with Crippen molar-refractivity contribution in [2.45, 2.75) is 19.4 Å². The molecule has 0 saturated carbocycles. The Morgan fingerprint density at radius 1 is 1.14 bits per heavy atom. The highest BCUT2D eigenvalue weighted by atomic mass is 79.9. The molecule has 6 nitrogen and oxygen atoms in total. The van der Waals surface area contributed by atoms with Gasteiger partial charge in [-0.1, -0.05) is 18.2 Å². The summed E-state index contributed by atoms with van der Waals surface area (Å²) < 4.78 is 12.1. The van der Waals surface area contributed by atoms with Crippen LogP contribution in [0.1, 0.15) is 18.4 Å². The standard InChI is InChI=1S/C21H21BrN2O4/c22-16-4-1-2-5-17(16)24-9-8-15(21(24)26)20(25)23-13-14-6-7-18-19(12-14)28-11-3-10-27-18/h1-2,4-7,12,15H,3,8-11,13H2,(H,23,25). The molecule has 28 heavy (non-hydrogen) atoms. The third kappa shape index (κ3) is 3.85. The number of para-hydroxylation sites is 1. The van der Waals surface area contributed by atoms with Crippen LogP contribution in [0.15, 0.2) is 46.9 Å². The number of anilines is 1. The normalized spacial score (nSPS) is 18.7. The summed E-state index contributed by atoms with van der Waals surface area (Å²) in [6, 6.07) is 13.2. The number of amides is 2. The maximum atomic E-state index is 12.7. The predicted molar refractivity (Wildman–Crippen MR) is 108 cm³/mol. The third-order valence-electron chi connectivity index (χ3n) is 4.94. The number of nitrogens with one attached hydrogen (secondary N) is 1. The summed E-state index contributed by atoms with van der Waals surface area (Å²) in [6.07, 6.45) is 1.35. The lowest BCUT2D eigenvalue weighted by atomic mass is 10.1. The smallest absolute Gasteiger partial charge is 0.239 e. The molecular weight excluding hydrogens is 424 g/mol. The van der Waals surface area contributed by atoms with Gasteiger partial charge < -0.3 is 19.7 Å². The molecule has 2 aromatic rings. The lowest BCUT2D eigenvalue weighted by molar-refractivity contribution is -0.132. The first-order valence-electron chi connectivity index (χ1n) is 9.35. The van der Waals surface area contributed by atoms with Crippen molar-refractivity contribution in [3.05, 3.63) is 52.5 Å². The van der Waals surface area contributed by atoms with Gasteiger partial charge in [0, 0.05) is 24.0 Å². The van der Waals surface area contributed by atoms with Crippen LogP contribution in [0.5, 0.6) is 11.5 Å². The average molecular weight is 445 g/mol. The zero-order valence-electron chi connectivity index (χ0n) is 15.3. The van der Waals surface area contributed by atoms with Gasteiger partial charge in [0.2, 0.25) is 11.8 Å². The molecule has 1 N–H and O–H groups in total. The fourth-order valence-corrected chi connectivity index (χ4v) is 3.96. The summed E-state index contributed by atoms with van der Waals surface area (Å²) in [6.45, 7) is 2.13. The van der Waals surface area contributed by atoms with Crippen molar-refractivity contribution >= 4 is 33.4 Å². The molecule has 146 valence electrons. The van der Waals surface area contributed by atoms with E-state index in [4.69, 9.17) is 9.47 Å². The maximum Gasteiger partial charge on any atom is 0.239 e. The molecule has 2 aromatic carbocycles. The molecule has 2 aliphatic heterocycles. The van der Waals surface area contributed by atoms with E-state index in [1.807, 2.05) is 42.5 Å². The van der Waals surface area contributed by atoms with Gasteiger partial charge in [-0.25, -0.2) is 0 Å². The highest BCUT2D eigenvalue weighted by Gasteiger charge is 2.38. The number of carbonyl (C=O) groups excluding carboxylic acids is 2. The van der Waals surface area contributed by atoms with Gasteiger partial charge in [0.1, 0.15) is 5.92 Å². The molecule has 2 aliphatic rings. The summed E-state index contributed by atoms with van der Waals surface area (Å²) in [7, 11) is 0. The summed E-state index contributed by atoms with van der Waals surface area (Å²) in [5, 5.41) is 2.89. The fourth-order valence-electron chi connectivity index (χ4n) is 3.46. The van der Waals surface area contributed by atoms with Crippen LogP contribution in [0, 0.1) is 5.92 Å². The third-order valence-corrected chi connectivity index (χ3v) is 5.61. The second-order valence-electron chi connectivity index (χ2n) is 6.83. The van der Waals surface area contributed by atoms with E-state index in [0.717, 1.165) is 27.9 Å². The molecule has 4 rings (SSSR count). The molecule has 0 radical (unpaired) electrons. The van der Waals surface area contributed by atoms with E-state index in [1.54, 1.807) is 4.90 Å². The van der Waals surface area contributed by atoms with Gasteiger partial charge in [0.25, 0.3) is 0 Å². The zero-order valence-corrected chi connectivity index (χ0v) is 16.9. The van der Waals surface area contributed by atoms with Crippen molar-refractivity contribution < 1.29 is 19.1 Å². The number of hydrogen-bond acceptors (Lipinski definition) is 4. The number of halogens is 1. The number of ether oxygens (including phenoxy) is 2. The molecule has 1 fully saturated rings. The van der Waals surface area contributed by atoms with E-state index in [9.17, 15) is 9.59 Å². The summed E-state index contributed by atoms with van der Waals surface area (Å²) in [5.41, 5.74) is 1.71. The largest absolute Gasteiger partial charge is 0.490 e. The number of benzene rings is 2. The van der Waals surface area contributed by atoms with Gasteiger partial charge in [-0.05, 0) is 52.2 Å². The number of nitrogens with zero attached hydrogens (tertiary/aromatic N) is 1. The number of carbonyl (C=O) groups is 2. The van der Waals surface area contributed by atoms with Gasteiger partial charge in [-0.3, -0.25) is 9.59 Å². The topological polar surface area (TPSA) is 67.9 Å².